The molecular weight excluding hydrogens is 304 g/mol. The molecule has 0 unspecified atom stereocenters. The minimum atomic E-state index is -1.51. The number of hydrogen-bond donors (Lipinski definition) is 0. The highest BCUT2D eigenvalue weighted by molar-refractivity contribution is 5.66. The molecule has 1 aliphatic carbocycles. The summed E-state index contributed by atoms with van der Waals surface area (Å²) in [5, 5.41) is 0. The first-order valence-corrected chi connectivity index (χ1v) is 9.35. The van der Waals surface area contributed by atoms with Crippen LogP contribution in [0.2, 0.25) is 0 Å². The Balaban J connectivity index is 1.89. The van der Waals surface area contributed by atoms with E-state index in [9.17, 15) is 0 Å². The zero-order valence-corrected chi connectivity index (χ0v) is 14.9. The van der Waals surface area contributed by atoms with E-state index in [1.54, 1.807) is 0 Å². The summed E-state index contributed by atoms with van der Waals surface area (Å²) in [5.41, 5.74) is 6.40. The van der Waals surface area contributed by atoms with E-state index in [-0.39, 0.29) is 0 Å². The molecule has 2 heterocycles. The summed E-state index contributed by atoms with van der Waals surface area (Å²) in [6.07, 6.45) is 4.74. The van der Waals surface area contributed by atoms with Crippen molar-refractivity contribution in [3.63, 3.8) is 0 Å². The highest BCUT2D eigenvalue weighted by atomic mass is 15.2. The standard InChI is InChI=1S/C23H25N2/c1-16-9-3-8-14-21(16)25-17(2)22-20-13-7-6-12-19(20)15-24(22)23(25)18-10-4-5-11-18/h3,6-9,12-14,18H,4-5,10-11,15H2,1-2H3/q+1/i15D2. The van der Waals surface area contributed by atoms with E-state index in [0.717, 1.165) is 41.2 Å². The summed E-state index contributed by atoms with van der Waals surface area (Å²) in [5.74, 6) is 1.54. The molecule has 5 rings (SSSR count). The van der Waals surface area contributed by atoms with Crippen molar-refractivity contribution in [1.29, 1.82) is 0 Å². The first kappa shape index (κ1) is 12.9. The zero-order chi connectivity index (χ0) is 18.8. The van der Waals surface area contributed by atoms with E-state index < -0.39 is 6.50 Å². The van der Waals surface area contributed by atoms with E-state index in [4.69, 9.17) is 2.74 Å². The van der Waals surface area contributed by atoms with Gasteiger partial charge in [-0.05, 0) is 31.4 Å². The number of benzene rings is 2. The van der Waals surface area contributed by atoms with Gasteiger partial charge in [0.1, 0.15) is 12.2 Å². The summed E-state index contributed by atoms with van der Waals surface area (Å²) in [6, 6.07) is 16.4. The van der Waals surface area contributed by atoms with Crippen LogP contribution in [-0.4, -0.2) is 4.57 Å². The molecule has 0 bridgehead atoms. The molecule has 0 N–H and O–H groups in total. The van der Waals surface area contributed by atoms with Gasteiger partial charge in [-0.3, -0.25) is 0 Å². The lowest BCUT2D eigenvalue weighted by molar-refractivity contribution is -0.680. The predicted molar refractivity (Wildman–Crippen MR) is 101 cm³/mol. The van der Waals surface area contributed by atoms with Crippen molar-refractivity contribution in [3.8, 4) is 16.9 Å². The number of hydrogen-bond acceptors (Lipinski definition) is 0. The normalized spacial score (nSPS) is 19.4. The summed E-state index contributed by atoms with van der Waals surface area (Å²) in [7, 11) is 0. The lowest BCUT2D eigenvalue weighted by Crippen LogP contribution is -2.37. The van der Waals surface area contributed by atoms with Crippen LogP contribution in [0.15, 0.2) is 48.5 Å². The van der Waals surface area contributed by atoms with Crippen molar-refractivity contribution >= 4 is 0 Å². The second-order valence-corrected chi connectivity index (χ2v) is 7.39. The third-order valence-electron chi connectivity index (χ3n) is 5.85. The Bertz CT molecular complexity index is 1040. The summed E-state index contributed by atoms with van der Waals surface area (Å²) in [4.78, 5) is 0. The Morgan fingerprint density at radius 2 is 1.72 bits per heavy atom. The molecule has 126 valence electrons. The first-order chi connectivity index (χ1) is 13.0. The Kier molecular flexibility index (Phi) is 2.89. The molecule has 2 heteroatoms. The van der Waals surface area contributed by atoms with Crippen molar-refractivity contribution in [2.45, 2.75) is 51.9 Å². The average molecular weight is 331 g/mol. The number of rotatable bonds is 2. The van der Waals surface area contributed by atoms with Crippen molar-refractivity contribution in [2.75, 3.05) is 0 Å². The topological polar surface area (TPSA) is 8.81 Å². The van der Waals surface area contributed by atoms with Crippen LogP contribution >= 0.6 is 0 Å². The fraction of sp³-hybridized carbons (Fsp3) is 0.348. The van der Waals surface area contributed by atoms with E-state index in [1.165, 1.54) is 24.1 Å². The maximum absolute atomic E-state index is 9.00. The van der Waals surface area contributed by atoms with Crippen molar-refractivity contribution in [2.24, 2.45) is 0 Å². The van der Waals surface area contributed by atoms with Crippen LogP contribution in [0.3, 0.4) is 0 Å². The minimum Gasteiger partial charge on any atom is -0.222 e. The maximum atomic E-state index is 9.00. The van der Waals surface area contributed by atoms with Crippen LogP contribution in [-0.2, 0) is 6.50 Å². The molecule has 0 atom stereocenters. The Labute approximate surface area is 152 Å². The van der Waals surface area contributed by atoms with E-state index in [0.29, 0.717) is 5.92 Å². The SMILES string of the molecule is [2H]C1([2H])c2ccccc2-c2c(C)n(-c3ccccc3C)c(C3CCCC3)[n+]21. The number of nitrogens with zero attached hydrogens (tertiary/aromatic N) is 2. The summed E-state index contributed by atoms with van der Waals surface area (Å²) >= 11 is 0. The van der Waals surface area contributed by atoms with Gasteiger partial charge in [-0.15, -0.1) is 0 Å². The van der Waals surface area contributed by atoms with E-state index >= 15 is 0 Å². The van der Waals surface area contributed by atoms with Crippen molar-refractivity contribution < 1.29 is 7.31 Å². The third kappa shape index (κ3) is 2.13. The molecule has 0 radical (unpaired) electrons. The third-order valence-corrected chi connectivity index (χ3v) is 5.85. The Hall–Kier alpha value is -2.35. The van der Waals surface area contributed by atoms with Gasteiger partial charge in [0.15, 0.2) is 11.4 Å². The van der Waals surface area contributed by atoms with Gasteiger partial charge in [-0.2, -0.15) is 4.57 Å². The first-order valence-electron chi connectivity index (χ1n) is 10.4. The average Bonchev–Trinajstić information content (AvgIpc) is 3.33. The van der Waals surface area contributed by atoms with Gasteiger partial charge >= 0.3 is 0 Å². The van der Waals surface area contributed by atoms with Crippen LogP contribution in [0.5, 0.6) is 0 Å². The second-order valence-electron chi connectivity index (χ2n) is 7.39. The smallest absolute Gasteiger partial charge is 0.222 e. The molecule has 2 aromatic carbocycles. The highest BCUT2D eigenvalue weighted by Crippen LogP contribution is 2.40. The van der Waals surface area contributed by atoms with Crippen molar-refractivity contribution in [3.05, 3.63) is 71.2 Å². The highest BCUT2D eigenvalue weighted by Gasteiger charge is 2.40. The largest absolute Gasteiger partial charge is 0.265 e. The van der Waals surface area contributed by atoms with Gasteiger partial charge < -0.3 is 0 Å². The van der Waals surface area contributed by atoms with Crippen LogP contribution in [0, 0.1) is 13.8 Å². The van der Waals surface area contributed by atoms with Crippen LogP contribution in [0.1, 0.15) is 57.0 Å². The fourth-order valence-corrected chi connectivity index (χ4v) is 4.66. The molecule has 1 saturated carbocycles. The predicted octanol–water partition coefficient (Wildman–Crippen LogP) is 5.07. The van der Waals surface area contributed by atoms with E-state index in [1.807, 2.05) is 22.8 Å². The molecule has 1 fully saturated rings. The van der Waals surface area contributed by atoms with Gasteiger partial charge in [0.25, 0.3) is 5.82 Å². The number of imidazole rings is 1. The van der Waals surface area contributed by atoms with Gasteiger partial charge in [-0.1, -0.05) is 55.3 Å². The molecule has 1 aliphatic heterocycles. The Morgan fingerprint density at radius 1 is 1.00 bits per heavy atom. The molecule has 0 saturated heterocycles. The Morgan fingerprint density at radius 3 is 2.52 bits per heavy atom. The lowest BCUT2D eigenvalue weighted by Gasteiger charge is -2.12. The molecule has 2 aliphatic rings. The summed E-state index contributed by atoms with van der Waals surface area (Å²) < 4.78 is 22.3. The van der Waals surface area contributed by atoms with Crippen LogP contribution in [0.4, 0.5) is 0 Å². The molecular formula is C23H25N2+. The van der Waals surface area contributed by atoms with Crippen LogP contribution in [0.25, 0.3) is 16.9 Å². The number of aromatic nitrogens is 2. The molecule has 2 nitrogen and oxygen atoms in total. The van der Waals surface area contributed by atoms with Gasteiger partial charge in [0.2, 0.25) is 0 Å². The number of para-hydroxylation sites is 1. The van der Waals surface area contributed by atoms with Gasteiger partial charge in [0.05, 0.1) is 8.66 Å². The quantitative estimate of drug-likeness (QED) is 0.580. The summed E-state index contributed by atoms with van der Waals surface area (Å²) in [6.45, 7) is 2.78. The zero-order valence-electron chi connectivity index (χ0n) is 16.9. The number of aryl methyl sites for hydroxylation is 1. The molecule has 0 spiro atoms. The van der Waals surface area contributed by atoms with Gasteiger partial charge in [0, 0.05) is 18.1 Å². The van der Waals surface area contributed by atoms with E-state index in [2.05, 4.69) is 48.7 Å². The second kappa shape index (κ2) is 5.59. The fourth-order valence-electron chi connectivity index (χ4n) is 4.66. The lowest BCUT2D eigenvalue weighted by atomic mass is 10.1. The molecule has 3 aromatic rings. The molecule has 1 aromatic heterocycles. The van der Waals surface area contributed by atoms with Gasteiger partial charge in [-0.25, -0.2) is 4.57 Å². The number of fused-ring (bicyclic) bond motifs is 3. The maximum Gasteiger partial charge on any atom is 0.265 e. The van der Waals surface area contributed by atoms with Crippen molar-refractivity contribution in [1.82, 2.24) is 4.57 Å². The van der Waals surface area contributed by atoms with Crippen LogP contribution < -0.4 is 4.57 Å². The molecule has 25 heavy (non-hydrogen) atoms. The minimum absolute atomic E-state index is 0.404. The monoisotopic (exact) mass is 331 g/mol. The molecule has 0 amide bonds.